The van der Waals surface area contributed by atoms with Crippen molar-refractivity contribution in [3.8, 4) is 5.88 Å². The zero-order chi connectivity index (χ0) is 12.7. The van der Waals surface area contributed by atoms with Crippen LogP contribution >= 0.6 is 0 Å². The van der Waals surface area contributed by atoms with Crippen LogP contribution in [0.1, 0.15) is 24.3 Å². The van der Waals surface area contributed by atoms with E-state index in [2.05, 4.69) is 28.7 Å². The second-order valence-electron chi connectivity index (χ2n) is 3.42. The summed E-state index contributed by atoms with van der Waals surface area (Å²) in [5.74, 6) is -0.858. The zero-order valence-electron chi connectivity index (χ0n) is 10.1. The van der Waals surface area contributed by atoms with Gasteiger partial charge >= 0.3 is 5.97 Å². The topological polar surface area (TPSA) is 75.5 Å². The lowest BCUT2D eigenvalue weighted by Gasteiger charge is -2.17. The number of aromatic nitrogens is 2. The van der Waals surface area contributed by atoms with Gasteiger partial charge in [-0.05, 0) is 13.1 Å². The van der Waals surface area contributed by atoms with Gasteiger partial charge in [0.05, 0.1) is 12.4 Å². The molecule has 1 rings (SSSR count). The molecule has 0 aromatic carbocycles. The highest BCUT2D eigenvalue weighted by atomic mass is 16.5. The van der Waals surface area contributed by atoms with Crippen LogP contribution in [0.4, 0.5) is 0 Å². The molecule has 0 spiro atoms. The van der Waals surface area contributed by atoms with Crippen molar-refractivity contribution in [2.75, 3.05) is 26.2 Å². The fraction of sp³-hybridized carbons (Fsp3) is 0.545. The molecule has 6 heteroatoms. The van der Waals surface area contributed by atoms with Gasteiger partial charge in [-0.3, -0.25) is 4.98 Å². The maximum absolute atomic E-state index is 10.7. The first-order chi connectivity index (χ1) is 8.17. The molecule has 1 aromatic rings. The van der Waals surface area contributed by atoms with Crippen molar-refractivity contribution >= 4 is 5.97 Å². The molecule has 1 aromatic heterocycles. The Kier molecular flexibility index (Phi) is 5.35. The molecule has 0 aliphatic rings. The van der Waals surface area contributed by atoms with Crippen molar-refractivity contribution < 1.29 is 14.6 Å². The fourth-order valence-corrected chi connectivity index (χ4v) is 1.34. The minimum absolute atomic E-state index is 0.106. The molecule has 1 heterocycles. The number of carbonyl (C=O) groups is 1. The van der Waals surface area contributed by atoms with Crippen molar-refractivity contribution in [2.24, 2.45) is 0 Å². The maximum Gasteiger partial charge on any atom is 0.356 e. The van der Waals surface area contributed by atoms with Crippen LogP contribution in [0, 0.1) is 0 Å². The van der Waals surface area contributed by atoms with Crippen molar-refractivity contribution in [1.29, 1.82) is 0 Å². The molecule has 1 N–H and O–H groups in total. The SMILES string of the molecule is CCN(CC)CCOc1cncc(C(=O)O)n1. The summed E-state index contributed by atoms with van der Waals surface area (Å²) in [6, 6.07) is 0. The van der Waals surface area contributed by atoms with E-state index in [0.29, 0.717) is 6.61 Å². The van der Waals surface area contributed by atoms with Gasteiger partial charge in [0.25, 0.3) is 0 Å². The first-order valence-corrected chi connectivity index (χ1v) is 5.57. The number of nitrogens with zero attached hydrogens (tertiary/aromatic N) is 3. The third kappa shape index (κ3) is 4.36. The quantitative estimate of drug-likeness (QED) is 0.761. The fourth-order valence-electron chi connectivity index (χ4n) is 1.34. The lowest BCUT2D eigenvalue weighted by molar-refractivity contribution is 0.0688. The monoisotopic (exact) mass is 239 g/mol. The molecule has 0 aliphatic heterocycles. The van der Waals surface area contributed by atoms with Gasteiger partial charge in [-0.2, -0.15) is 0 Å². The molecular formula is C11H17N3O3. The molecule has 94 valence electrons. The molecule has 0 unspecified atom stereocenters. The van der Waals surface area contributed by atoms with Gasteiger partial charge in [-0.1, -0.05) is 13.8 Å². The van der Waals surface area contributed by atoms with Crippen LogP contribution in [-0.2, 0) is 0 Å². The maximum atomic E-state index is 10.7. The molecule has 0 fully saturated rings. The first kappa shape index (κ1) is 13.4. The normalized spacial score (nSPS) is 10.5. The summed E-state index contributed by atoms with van der Waals surface area (Å²) >= 11 is 0. The Bertz CT molecular complexity index is 367. The molecule has 0 amide bonds. The number of hydrogen-bond donors (Lipinski definition) is 1. The van der Waals surface area contributed by atoms with E-state index in [-0.39, 0.29) is 11.6 Å². The van der Waals surface area contributed by atoms with E-state index in [1.54, 1.807) is 0 Å². The van der Waals surface area contributed by atoms with E-state index < -0.39 is 5.97 Å². The van der Waals surface area contributed by atoms with E-state index in [0.717, 1.165) is 19.6 Å². The molecule has 0 aliphatic carbocycles. The highest BCUT2D eigenvalue weighted by molar-refractivity contribution is 5.84. The van der Waals surface area contributed by atoms with E-state index in [4.69, 9.17) is 9.84 Å². The van der Waals surface area contributed by atoms with Crippen molar-refractivity contribution in [3.05, 3.63) is 18.1 Å². The van der Waals surface area contributed by atoms with Crippen LogP contribution in [0.2, 0.25) is 0 Å². The summed E-state index contributed by atoms with van der Waals surface area (Å²) in [4.78, 5) is 20.4. The highest BCUT2D eigenvalue weighted by Gasteiger charge is 2.07. The van der Waals surface area contributed by atoms with Crippen LogP contribution in [0.15, 0.2) is 12.4 Å². The average Bonchev–Trinajstić information content (AvgIpc) is 2.35. The Morgan fingerprint density at radius 2 is 2.12 bits per heavy atom. The molecule has 0 atom stereocenters. The van der Waals surface area contributed by atoms with E-state index in [1.165, 1.54) is 12.4 Å². The Balaban J connectivity index is 2.46. The number of rotatable bonds is 7. The van der Waals surface area contributed by atoms with Crippen molar-refractivity contribution in [2.45, 2.75) is 13.8 Å². The minimum Gasteiger partial charge on any atom is -0.476 e. The van der Waals surface area contributed by atoms with Gasteiger partial charge in [0.15, 0.2) is 5.69 Å². The Morgan fingerprint density at radius 3 is 2.71 bits per heavy atom. The highest BCUT2D eigenvalue weighted by Crippen LogP contribution is 2.05. The van der Waals surface area contributed by atoms with E-state index >= 15 is 0 Å². The predicted octanol–water partition coefficient (Wildman–Crippen LogP) is 0.895. The number of carboxylic acid groups (broad SMARTS) is 1. The van der Waals surface area contributed by atoms with Gasteiger partial charge in [-0.15, -0.1) is 0 Å². The Hall–Kier alpha value is -1.69. The van der Waals surface area contributed by atoms with E-state index in [1.807, 2.05) is 0 Å². The molecule has 17 heavy (non-hydrogen) atoms. The van der Waals surface area contributed by atoms with Crippen molar-refractivity contribution in [1.82, 2.24) is 14.9 Å². The second kappa shape index (κ2) is 6.80. The summed E-state index contributed by atoms with van der Waals surface area (Å²) < 4.78 is 5.35. The molecule has 0 saturated carbocycles. The van der Waals surface area contributed by atoms with Crippen LogP contribution in [0.25, 0.3) is 0 Å². The molecule has 0 radical (unpaired) electrons. The summed E-state index contributed by atoms with van der Waals surface area (Å²) in [5.41, 5.74) is -0.106. The number of likely N-dealkylation sites (N-methyl/N-ethyl adjacent to an activating group) is 1. The Morgan fingerprint density at radius 1 is 1.41 bits per heavy atom. The van der Waals surface area contributed by atoms with Gasteiger partial charge in [-0.25, -0.2) is 9.78 Å². The standard InChI is InChI=1S/C11H17N3O3/c1-3-14(4-2)5-6-17-10-8-12-7-9(13-10)11(15)16/h7-8H,3-6H2,1-2H3,(H,15,16). The Labute approximate surface area is 100 Å². The van der Waals surface area contributed by atoms with E-state index in [9.17, 15) is 4.79 Å². The summed E-state index contributed by atoms with van der Waals surface area (Å²) in [7, 11) is 0. The van der Waals surface area contributed by atoms with Gasteiger partial charge in [0.1, 0.15) is 6.61 Å². The van der Waals surface area contributed by atoms with Crippen LogP contribution in [-0.4, -0.2) is 52.2 Å². The van der Waals surface area contributed by atoms with Crippen LogP contribution in [0.3, 0.4) is 0 Å². The van der Waals surface area contributed by atoms with Gasteiger partial charge in [0.2, 0.25) is 5.88 Å². The average molecular weight is 239 g/mol. The number of aromatic carboxylic acids is 1. The largest absolute Gasteiger partial charge is 0.476 e. The first-order valence-electron chi connectivity index (χ1n) is 5.57. The molecular weight excluding hydrogens is 222 g/mol. The van der Waals surface area contributed by atoms with Gasteiger partial charge < -0.3 is 14.7 Å². The van der Waals surface area contributed by atoms with Crippen LogP contribution in [0.5, 0.6) is 5.88 Å². The lowest BCUT2D eigenvalue weighted by Crippen LogP contribution is -2.28. The lowest BCUT2D eigenvalue weighted by atomic mass is 10.4. The van der Waals surface area contributed by atoms with Crippen molar-refractivity contribution in [3.63, 3.8) is 0 Å². The zero-order valence-corrected chi connectivity index (χ0v) is 10.1. The second-order valence-corrected chi connectivity index (χ2v) is 3.42. The third-order valence-corrected chi connectivity index (χ3v) is 2.38. The smallest absolute Gasteiger partial charge is 0.356 e. The summed E-state index contributed by atoms with van der Waals surface area (Å²) in [6.45, 7) is 7.33. The van der Waals surface area contributed by atoms with Crippen LogP contribution < -0.4 is 4.74 Å². The number of hydrogen-bond acceptors (Lipinski definition) is 5. The third-order valence-electron chi connectivity index (χ3n) is 2.38. The molecule has 0 bridgehead atoms. The molecule has 0 saturated heterocycles. The summed E-state index contributed by atoms with van der Waals surface area (Å²) in [5, 5.41) is 8.73. The molecule has 6 nitrogen and oxygen atoms in total. The number of carboxylic acids is 1. The predicted molar refractivity (Wildman–Crippen MR) is 62.3 cm³/mol. The number of ether oxygens (including phenoxy) is 1. The summed E-state index contributed by atoms with van der Waals surface area (Å²) in [6.07, 6.45) is 2.61. The minimum atomic E-state index is -1.10. The van der Waals surface area contributed by atoms with Gasteiger partial charge in [0, 0.05) is 6.54 Å².